The highest BCUT2D eigenvalue weighted by Crippen LogP contribution is 2.45. The van der Waals surface area contributed by atoms with E-state index in [1.165, 1.54) is 20.8 Å². The summed E-state index contributed by atoms with van der Waals surface area (Å²) in [6.45, 7) is -6.04. The third-order valence-electron chi connectivity index (χ3n) is 27.2. The fourth-order valence-corrected chi connectivity index (χ4v) is 19.0. The van der Waals surface area contributed by atoms with Gasteiger partial charge in [-0.3, -0.25) is 19.2 Å². The molecule has 0 aliphatic carbocycles. The van der Waals surface area contributed by atoms with Gasteiger partial charge in [0.15, 0.2) is 62.9 Å². The minimum absolute atomic E-state index is 0.799. The molecule has 11 saturated heterocycles. The zero-order valence-electron chi connectivity index (χ0n) is 80.1. The molecule has 858 valence electrons. The van der Waals surface area contributed by atoms with E-state index < -0.39 is 470 Å². The van der Waals surface area contributed by atoms with Crippen LogP contribution in [0.3, 0.4) is 0 Å². The standard InChI is InChI=1S/C83H140N4O61/c1-19-41(105)51(115)55(119)75(128-19)139-63-35(17-96)136-74(40(87-25(7)100)67(63)143-80-60(124)70(49(113)33(15-94)133-80)148-83(82(125)126)8-26(101)37(84-22(4)97)65(147-83)45(109)28(103)10-89)145-69-50(114)36(137-79(59(69)123)138-61(29(104)11-90)44(108)27(102)9-88)18-127-72-39(86-24(6)99)66(142-76-56(120)52(116)42(106)20(2)129-76)62(34(16-95)135-72)140-78-58(122)68(48(112)32(14-93)132-78)144-73-38(85-23(5)98)64(47(111)31(13-92)131-73)141-81-71(54(118)46(110)30(12-91)134-81)146-77-57(121)53(117)43(107)21(3)130-77/h19-21,26-81,88-96,101-124H,8-18H2,1-7H3,(H,84,97)(H,85,98)(H,86,99)(H,87,100)(H,125,126)/t19-,20-,21-,26-,27-,28+,29+,30+,31+,32+,33+,34+,35+,36+,37+,38+,39+,40+,41+,42+,43+,44+,45+,46-,47+,48-,49-,50-,51+,52+,53+,54-,55-,56-,57-,58+,59+,60+,61+,62+,63+,64+,65+,66+,67+,68-,69-,70-,71+,72+,73-,74-,75-,76-,77-,78-,79-,80-,81-,83-/m0/s1. The van der Waals surface area contributed by atoms with Crippen molar-refractivity contribution in [3.05, 3.63) is 0 Å². The predicted molar refractivity (Wildman–Crippen MR) is 457 cm³/mol. The van der Waals surface area contributed by atoms with Gasteiger partial charge in [-0.05, 0) is 20.8 Å². The molecule has 0 aromatic rings. The number of aliphatic carboxylic acids is 1. The van der Waals surface area contributed by atoms with Crippen molar-refractivity contribution >= 4 is 29.6 Å². The number of aliphatic hydroxyl groups excluding tert-OH is 33. The summed E-state index contributed by atoms with van der Waals surface area (Å²) in [4.78, 5) is 67.3. The van der Waals surface area contributed by atoms with Crippen molar-refractivity contribution in [2.24, 2.45) is 0 Å². The van der Waals surface area contributed by atoms with E-state index in [-0.39, 0.29) is 0 Å². The zero-order valence-corrected chi connectivity index (χ0v) is 80.1. The highest BCUT2D eigenvalue weighted by atomic mass is 16.8. The Hall–Kier alpha value is -4.85. The molecular weight excluding hydrogens is 2030 g/mol. The van der Waals surface area contributed by atoms with Gasteiger partial charge in [0.25, 0.3) is 5.79 Å². The molecule has 11 fully saturated rings. The van der Waals surface area contributed by atoms with Gasteiger partial charge in [-0.15, -0.1) is 0 Å². The summed E-state index contributed by atoms with van der Waals surface area (Å²) in [5.41, 5.74) is 0. The lowest BCUT2D eigenvalue weighted by molar-refractivity contribution is -0.399. The number of carboxylic acid groups (broad SMARTS) is 1. The van der Waals surface area contributed by atoms with E-state index in [2.05, 4.69) is 21.3 Å². The molecule has 11 aliphatic rings. The van der Waals surface area contributed by atoms with Crippen molar-refractivity contribution in [2.45, 2.75) is 422 Å². The van der Waals surface area contributed by atoms with E-state index in [9.17, 15) is 198 Å². The molecule has 65 nitrogen and oxygen atoms in total. The lowest BCUT2D eigenvalue weighted by atomic mass is 9.88. The van der Waals surface area contributed by atoms with Crippen LogP contribution in [0.2, 0.25) is 0 Å². The first-order valence-electron chi connectivity index (χ1n) is 47.3. The van der Waals surface area contributed by atoms with E-state index >= 15 is 0 Å². The lowest BCUT2D eigenvalue weighted by Gasteiger charge is -2.52. The Labute approximate surface area is 838 Å². The monoisotopic (exact) mass is 2170 g/mol. The van der Waals surface area contributed by atoms with Crippen LogP contribution >= 0.6 is 0 Å². The number of ether oxygens (including phenoxy) is 22. The summed E-state index contributed by atoms with van der Waals surface area (Å²) in [5.74, 6) is -9.96. The molecule has 0 radical (unpaired) electrons. The molecule has 11 heterocycles. The summed E-state index contributed by atoms with van der Waals surface area (Å²) < 4.78 is 133. The quantitative estimate of drug-likeness (QED) is 0.0270. The van der Waals surface area contributed by atoms with Crippen LogP contribution in [-0.2, 0) is 128 Å². The van der Waals surface area contributed by atoms with Gasteiger partial charge >= 0.3 is 5.97 Å². The summed E-state index contributed by atoms with van der Waals surface area (Å²) in [6, 6.07) is -8.39. The third kappa shape index (κ3) is 27.2. The molecule has 0 unspecified atom stereocenters. The molecule has 148 heavy (non-hydrogen) atoms. The first-order valence-corrected chi connectivity index (χ1v) is 47.3. The largest absolute Gasteiger partial charge is 0.477 e. The van der Waals surface area contributed by atoms with Crippen LogP contribution in [-0.4, -0.2) is 637 Å². The molecule has 60 atom stereocenters. The van der Waals surface area contributed by atoms with Crippen molar-refractivity contribution in [3.63, 3.8) is 0 Å². The van der Waals surface area contributed by atoms with E-state index in [0.29, 0.717) is 0 Å². The summed E-state index contributed by atoms with van der Waals surface area (Å²) in [6.07, 6.45) is -124. The molecule has 11 rings (SSSR count). The Morgan fingerprint density at radius 3 is 1.04 bits per heavy atom. The number of nitrogens with one attached hydrogen (secondary N) is 4. The number of aliphatic hydroxyl groups is 33. The van der Waals surface area contributed by atoms with E-state index in [1.54, 1.807) is 0 Å². The van der Waals surface area contributed by atoms with Crippen LogP contribution in [0.15, 0.2) is 0 Å². The van der Waals surface area contributed by atoms with Crippen LogP contribution in [0.5, 0.6) is 0 Å². The molecule has 38 N–H and O–H groups in total. The fourth-order valence-electron chi connectivity index (χ4n) is 19.0. The van der Waals surface area contributed by atoms with Gasteiger partial charge in [0, 0.05) is 34.1 Å². The van der Waals surface area contributed by atoms with E-state index in [0.717, 1.165) is 27.7 Å². The van der Waals surface area contributed by atoms with Gasteiger partial charge in [-0.25, -0.2) is 4.79 Å². The number of carbonyl (C=O) groups excluding carboxylic acids is 4. The molecule has 0 aromatic heterocycles. The Morgan fingerprint density at radius 2 is 0.622 bits per heavy atom. The molecule has 0 spiro atoms. The van der Waals surface area contributed by atoms with Crippen LogP contribution in [0.25, 0.3) is 0 Å². The van der Waals surface area contributed by atoms with Gasteiger partial charge in [-0.1, -0.05) is 0 Å². The number of carbonyl (C=O) groups is 5. The second-order valence-electron chi connectivity index (χ2n) is 37.7. The molecular formula is C83H140N4O61. The SMILES string of the molecule is CC(=O)N[C@H]1[C@H](O[C@H]2[C@@H](O)[C@@H](CO[C@@H]3O[C@H](CO)[C@@H](O[C@@H]4O[C@H](CO)[C@H](O)[C@H](O[C@@H]5O[C@H](CO)[C@@H](O)[C@H](O[C@@H]6O[C@H](CO)[C@H](O)[C@H](O)[C@H]6O[C@@H]6O[C@@H](C)[C@@H](O)[C@@H](O)[C@@H]6O)[C@H]5NC(C)=O)[C@H]4O)[C@H](O[C@@H]4O[C@@H](C)[C@@H](O)[C@@H](O)[C@@H]4O)[C@H]3NC(C)=O)O[C@@H](O[C@@H]([C@H](O)[C@@H](O)CO)[C@H](O)CO)[C@@H]2O)O[C@H](CO)[C@@H](O[C@@H]2O[C@@H](C)[C@@H](O)[C@@H](O)[C@@H]2O)[C@@H]1O[C@@H]1O[C@H](CO)[C@H](O)[C@H](O[C@]2(C(=O)O)C[C@H](O)[C@@H](NC(C)=O)[C@H]([C@H](O)[C@H](O)CO)O2)[C@H]1O. The number of carboxylic acids is 1. The maximum atomic E-state index is 14.0. The summed E-state index contributed by atoms with van der Waals surface area (Å²) in [7, 11) is 0. The predicted octanol–water partition coefficient (Wildman–Crippen LogP) is -24.7. The Morgan fingerprint density at radius 1 is 0.304 bits per heavy atom. The molecule has 0 bridgehead atoms. The Balaban J connectivity index is 0.949. The first kappa shape index (κ1) is 123. The minimum atomic E-state index is -3.46. The maximum Gasteiger partial charge on any atom is 0.364 e. The van der Waals surface area contributed by atoms with Gasteiger partial charge in [0.2, 0.25) is 23.6 Å². The third-order valence-corrected chi connectivity index (χ3v) is 27.2. The minimum Gasteiger partial charge on any atom is -0.477 e. The average Bonchev–Trinajstić information content (AvgIpc) is 0.748. The number of hydrogen-bond acceptors (Lipinski definition) is 60. The van der Waals surface area contributed by atoms with Crippen molar-refractivity contribution in [1.82, 2.24) is 21.3 Å². The van der Waals surface area contributed by atoms with Gasteiger partial charge < -0.3 is 299 Å². The molecule has 65 heteroatoms. The smallest absolute Gasteiger partial charge is 0.364 e. The number of rotatable bonds is 42. The van der Waals surface area contributed by atoms with Crippen LogP contribution in [0, 0.1) is 0 Å². The summed E-state index contributed by atoms with van der Waals surface area (Å²) in [5, 5.41) is 393. The van der Waals surface area contributed by atoms with Crippen molar-refractivity contribution in [2.75, 3.05) is 66.1 Å². The second-order valence-corrected chi connectivity index (χ2v) is 37.7. The van der Waals surface area contributed by atoms with Crippen molar-refractivity contribution in [1.29, 1.82) is 0 Å². The Kier molecular flexibility index (Phi) is 44.6. The normalized spacial score (nSPS) is 47.5. The number of amides is 4. The average molecular weight is 2170 g/mol. The van der Waals surface area contributed by atoms with Crippen LogP contribution in [0.4, 0.5) is 0 Å². The summed E-state index contributed by atoms with van der Waals surface area (Å²) >= 11 is 0. The molecule has 0 aromatic carbocycles. The van der Waals surface area contributed by atoms with Crippen molar-refractivity contribution < 1.29 is 302 Å². The van der Waals surface area contributed by atoms with Crippen LogP contribution < -0.4 is 21.3 Å². The lowest BCUT2D eigenvalue weighted by Crippen LogP contribution is -2.72. The van der Waals surface area contributed by atoms with E-state index in [4.69, 9.17) is 104 Å². The van der Waals surface area contributed by atoms with Gasteiger partial charge in [-0.2, -0.15) is 0 Å². The highest BCUT2D eigenvalue weighted by molar-refractivity contribution is 5.77. The Bertz CT molecular complexity index is 4130. The van der Waals surface area contributed by atoms with Crippen LogP contribution in [0.1, 0.15) is 54.9 Å². The van der Waals surface area contributed by atoms with Gasteiger partial charge in [0.1, 0.15) is 268 Å². The molecule has 11 aliphatic heterocycles. The van der Waals surface area contributed by atoms with E-state index in [1.807, 2.05) is 0 Å². The fraction of sp³-hybridized carbons (Fsp3) is 0.940. The topological polar surface area (TPSA) is 1020 Å². The first-order chi connectivity index (χ1) is 69.7. The van der Waals surface area contributed by atoms with Gasteiger partial charge in [0.05, 0.1) is 96.5 Å². The second kappa shape index (κ2) is 53.5. The number of hydrogen-bond donors (Lipinski definition) is 38. The zero-order chi connectivity index (χ0) is 110. The molecule has 0 saturated carbocycles. The molecule has 4 amide bonds. The highest BCUT2D eigenvalue weighted by Gasteiger charge is 2.66. The van der Waals surface area contributed by atoms with Crippen molar-refractivity contribution in [3.8, 4) is 0 Å². The maximum absolute atomic E-state index is 14.0.